The van der Waals surface area contributed by atoms with E-state index in [9.17, 15) is 8.42 Å². The van der Waals surface area contributed by atoms with Crippen molar-refractivity contribution in [3.05, 3.63) is 53.6 Å². The molecule has 7 heteroatoms. The van der Waals surface area contributed by atoms with Gasteiger partial charge in [-0.15, -0.1) is 0 Å². The predicted octanol–water partition coefficient (Wildman–Crippen LogP) is 3.15. The summed E-state index contributed by atoms with van der Waals surface area (Å²) in [5.74, 6) is 1.00. The normalized spacial score (nSPS) is 12.2. The summed E-state index contributed by atoms with van der Waals surface area (Å²) >= 11 is 6.02. The van der Waals surface area contributed by atoms with Crippen molar-refractivity contribution in [3.8, 4) is 11.5 Å². The molecule has 0 radical (unpaired) electrons. The second-order valence-electron chi connectivity index (χ2n) is 5.82. The molecule has 0 fully saturated rings. The van der Waals surface area contributed by atoms with Gasteiger partial charge < -0.3 is 10.5 Å². The number of hydrogen-bond donors (Lipinski definition) is 2. The number of nitrogens with two attached hydrogens (primary N) is 1. The van der Waals surface area contributed by atoms with E-state index in [-0.39, 0.29) is 11.4 Å². The van der Waals surface area contributed by atoms with Gasteiger partial charge in [-0.1, -0.05) is 23.7 Å². The number of ether oxygens (including phenoxy) is 1. The summed E-state index contributed by atoms with van der Waals surface area (Å²) in [4.78, 5) is 0.147. The van der Waals surface area contributed by atoms with E-state index in [1.807, 2.05) is 0 Å². The van der Waals surface area contributed by atoms with Gasteiger partial charge in [0.1, 0.15) is 11.5 Å². The standard InChI is InChI=1S/C16H19ClN2O3S/c1-16(2,18)11-19-23(20,21)13-9-7-12(8-10-13)22-15-6-4-3-5-14(15)17/h3-10,19H,11,18H2,1-2H3. The van der Waals surface area contributed by atoms with Crippen molar-refractivity contribution >= 4 is 21.6 Å². The summed E-state index contributed by atoms with van der Waals surface area (Å²) in [7, 11) is -3.60. The van der Waals surface area contributed by atoms with Crippen LogP contribution in [0.2, 0.25) is 5.02 Å². The van der Waals surface area contributed by atoms with Crippen molar-refractivity contribution in [1.82, 2.24) is 4.72 Å². The van der Waals surface area contributed by atoms with Crippen molar-refractivity contribution < 1.29 is 13.2 Å². The van der Waals surface area contributed by atoms with Crippen molar-refractivity contribution in [2.45, 2.75) is 24.3 Å². The minimum atomic E-state index is -3.60. The van der Waals surface area contributed by atoms with Gasteiger partial charge in [0, 0.05) is 12.1 Å². The highest BCUT2D eigenvalue weighted by atomic mass is 35.5. The molecule has 0 aliphatic carbocycles. The monoisotopic (exact) mass is 354 g/mol. The zero-order valence-electron chi connectivity index (χ0n) is 12.9. The molecular formula is C16H19ClN2O3S. The number of sulfonamides is 1. The summed E-state index contributed by atoms with van der Waals surface area (Å²) in [6.07, 6.45) is 0. The molecule has 124 valence electrons. The molecule has 0 amide bonds. The lowest BCUT2D eigenvalue weighted by molar-refractivity contribution is 0.482. The molecule has 0 aromatic heterocycles. The van der Waals surface area contributed by atoms with Gasteiger partial charge >= 0.3 is 0 Å². The second-order valence-corrected chi connectivity index (χ2v) is 7.99. The molecule has 0 saturated heterocycles. The summed E-state index contributed by atoms with van der Waals surface area (Å²) in [6, 6.07) is 13.1. The van der Waals surface area contributed by atoms with E-state index in [1.165, 1.54) is 12.1 Å². The van der Waals surface area contributed by atoms with Crippen LogP contribution in [0.3, 0.4) is 0 Å². The molecule has 5 nitrogen and oxygen atoms in total. The maximum Gasteiger partial charge on any atom is 0.240 e. The number of halogens is 1. The van der Waals surface area contributed by atoms with Gasteiger partial charge in [-0.2, -0.15) is 0 Å². The van der Waals surface area contributed by atoms with Gasteiger partial charge in [0.05, 0.1) is 9.92 Å². The minimum absolute atomic E-state index is 0.146. The Morgan fingerprint density at radius 3 is 2.30 bits per heavy atom. The molecule has 0 unspecified atom stereocenters. The first-order valence-corrected chi connectivity index (χ1v) is 8.84. The molecule has 2 aromatic rings. The topological polar surface area (TPSA) is 81.4 Å². The molecule has 3 N–H and O–H groups in total. The Balaban J connectivity index is 2.12. The number of benzene rings is 2. The fourth-order valence-corrected chi connectivity index (χ4v) is 3.10. The van der Waals surface area contributed by atoms with Crippen LogP contribution in [0.5, 0.6) is 11.5 Å². The van der Waals surface area contributed by atoms with Crippen molar-refractivity contribution in [2.75, 3.05) is 6.54 Å². The van der Waals surface area contributed by atoms with Gasteiger partial charge in [-0.25, -0.2) is 13.1 Å². The average molecular weight is 355 g/mol. The van der Waals surface area contributed by atoms with E-state index < -0.39 is 15.6 Å². The van der Waals surface area contributed by atoms with Crippen LogP contribution in [-0.4, -0.2) is 20.5 Å². The number of nitrogens with one attached hydrogen (secondary N) is 1. The average Bonchev–Trinajstić information content (AvgIpc) is 2.48. The van der Waals surface area contributed by atoms with Gasteiger partial charge in [0.2, 0.25) is 10.0 Å². The smallest absolute Gasteiger partial charge is 0.240 e. The van der Waals surface area contributed by atoms with E-state index in [1.54, 1.807) is 50.2 Å². The molecule has 0 bridgehead atoms. The van der Waals surface area contributed by atoms with E-state index in [2.05, 4.69) is 4.72 Å². The van der Waals surface area contributed by atoms with Crippen LogP contribution >= 0.6 is 11.6 Å². The maximum atomic E-state index is 12.2. The van der Waals surface area contributed by atoms with Crippen molar-refractivity contribution in [3.63, 3.8) is 0 Å². The van der Waals surface area contributed by atoms with Crippen molar-refractivity contribution in [2.24, 2.45) is 5.73 Å². The van der Waals surface area contributed by atoms with Crippen LogP contribution in [-0.2, 0) is 10.0 Å². The molecule has 0 saturated carbocycles. The third-order valence-electron chi connectivity index (χ3n) is 2.92. The molecule has 0 spiro atoms. The van der Waals surface area contributed by atoms with E-state index >= 15 is 0 Å². The zero-order valence-corrected chi connectivity index (χ0v) is 14.5. The third-order valence-corrected chi connectivity index (χ3v) is 4.65. The number of hydrogen-bond acceptors (Lipinski definition) is 4. The fraction of sp³-hybridized carbons (Fsp3) is 0.250. The molecular weight excluding hydrogens is 336 g/mol. The highest BCUT2D eigenvalue weighted by Crippen LogP contribution is 2.29. The second kappa shape index (κ2) is 6.88. The van der Waals surface area contributed by atoms with Crippen LogP contribution in [0, 0.1) is 0 Å². The number of rotatable bonds is 6. The SMILES string of the molecule is CC(C)(N)CNS(=O)(=O)c1ccc(Oc2ccccc2Cl)cc1. The minimum Gasteiger partial charge on any atom is -0.456 e. The Bertz CT molecular complexity index is 769. The quantitative estimate of drug-likeness (QED) is 0.834. The van der Waals surface area contributed by atoms with E-state index in [0.29, 0.717) is 16.5 Å². The Kier molecular flexibility index (Phi) is 5.31. The molecule has 0 aliphatic heterocycles. The molecule has 0 heterocycles. The van der Waals surface area contributed by atoms with Gasteiger partial charge in [0.25, 0.3) is 0 Å². The van der Waals surface area contributed by atoms with Gasteiger partial charge in [-0.3, -0.25) is 0 Å². The highest BCUT2D eigenvalue weighted by molar-refractivity contribution is 7.89. The molecule has 2 rings (SSSR count). The third kappa shape index (κ3) is 5.21. The highest BCUT2D eigenvalue weighted by Gasteiger charge is 2.18. The van der Waals surface area contributed by atoms with Crippen LogP contribution in [0.4, 0.5) is 0 Å². The summed E-state index contributed by atoms with van der Waals surface area (Å²) < 4.78 is 32.5. The Hall–Kier alpha value is -1.60. The summed E-state index contributed by atoms with van der Waals surface area (Å²) in [5.41, 5.74) is 5.16. The lowest BCUT2D eigenvalue weighted by Crippen LogP contribution is -2.45. The maximum absolute atomic E-state index is 12.2. The Morgan fingerprint density at radius 1 is 1.13 bits per heavy atom. The van der Waals surface area contributed by atoms with Crippen LogP contribution < -0.4 is 15.2 Å². The largest absolute Gasteiger partial charge is 0.456 e. The lowest BCUT2D eigenvalue weighted by Gasteiger charge is -2.19. The van der Waals surface area contributed by atoms with Crippen LogP contribution in [0.1, 0.15) is 13.8 Å². The van der Waals surface area contributed by atoms with Gasteiger partial charge in [-0.05, 0) is 50.2 Å². The first-order valence-electron chi connectivity index (χ1n) is 6.98. The van der Waals surface area contributed by atoms with E-state index in [4.69, 9.17) is 22.1 Å². The Morgan fingerprint density at radius 2 is 1.74 bits per heavy atom. The van der Waals surface area contributed by atoms with Gasteiger partial charge in [0.15, 0.2) is 0 Å². The number of para-hydroxylation sites is 1. The van der Waals surface area contributed by atoms with E-state index in [0.717, 1.165) is 0 Å². The fourth-order valence-electron chi connectivity index (χ4n) is 1.71. The zero-order chi connectivity index (χ0) is 17.1. The molecule has 2 aromatic carbocycles. The molecule has 0 aliphatic rings. The summed E-state index contributed by atoms with van der Waals surface area (Å²) in [5, 5.41) is 0.482. The first-order chi connectivity index (χ1) is 10.7. The Labute approximate surface area is 141 Å². The van der Waals surface area contributed by atoms with Crippen molar-refractivity contribution in [1.29, 1.82) is 0 Å². The van der Waals surface area contributed by atoms with Crippen LogP contribution in [0.25, 0.3) is 0 Å². The lowest BCUT2D eigenvalue weighted by atomic mass is 10.1. The molecule has 0 atom stereocenters. The van der Waals surface area contributed by atoms with Crippen LogP contribution in [0.15, 0.2) is 53.4 Å². The predicted molar refractivity (Wildman–Crippen MR) is 91.4 cm³/mol. The molecule has 23 heavy (non-hydrogen) atoms. The first kappa shape index (κ1) is 17.7. The summed E-state index contributed by atoms with van der Waals surface area (Å²) in [6.45, 7) is 3.64.